The fourth-order valence-electron chi connectivity index (χ4n) is 1.12. The van der Waals surface area contributed by atoms with Crippen molar-refractivity contribution in [2.45, 2.75) is 6.42 Å². The first-order valence-electron chi connectivity index (χ1n) is 4.76. The van der Waals surface area contributed by atoms with Crippen molar-refractivity contribution in [2.75, 3.05) is 19.8 Å². The normalized spacial score (nSPS) is 10.1. The zero-order valence-corrected chi connectivity index (χ0v) is 8.28. The standard InChI is InChI=1S/C12H16O2/c1-11(10-14-9-5-8-13)12-6-3-2-4-7-12/h2-4,6-7,13H,1,5,8-10H2. The maximum absolute atomic E-state index is 8.55. The second-order valence-electron chi connectivity index (χ2n) is 3.10. The average Bonchev–Trinajstić information content (AvgIpc) is 2.25. The monoisotopic (exact) mass is 192 g/mol. The summed E-state index contributed by atoms with van der Waals surface area (Å²) in [5, 5.41) is 8.55. The molecule has 0 unspecified atom stereocenters. The van der Waals surface area contributed by atoms with Gasteiger partial charge in [-0.15, -0.1) is 0 Å². The lowest BCUT2D eigenvalue weighted by molar-refractivity contribution is 0.142. The van der Waals surface area contributed by atoms with E-state index in [1.54, 1.807) is 0 Å². The van der Waals surface area contributed by atoms with Gasteiger partial charge in [0.05, 0.1) is 6.61 Å². The number of benzene rings is 1. The third kappa shape index (κ3) is 3.73. The Morgan fingerprint density at radius 3 is 2.64 bits per heavy atom. The first-order chi connectivity index (χ1) is 6.84. The molecule has 0 fully saturated rings. The Morgan fingerprint density at radius 1 is 1.29 bits per heavy atom. The first kappa shape index (κ1) is 11.0. The summed E-state index contributed by atoms with van der Waals surface area (Å²) in [5.41, 5.74) is 2.08. The van der Waals surface area contributed by atoms with Crippen molar-refractivity contribution in [1.82, 2.24) is 0 Å². The molecule has 0 amide bonds. The Hall–Kier alpha value is -1.12. The van der Waals surface area contributed by atoms with Gasteiger partial charge in [0, 0.05) is 13.2 Å². The van der Waals surface area contributed by atoms with Crippen LogP contribution in [0.2, 0.25) is 0 Å². The van der Waals surface area contributed by atoms with E-state index in [0.717, 1.165) is 11.1 Å². The minimum atomic E-state index is 0.178. The van der Waals surface area contributed by atoms with Gasteiger partial charge in [-0.25, -0.2) is 0 Å². The molecular formula is C12H16O2. The van der Waals surface area contributed by atoms with Gasteiger partial charge in [-0.2, -0.15) is 0 Å². The van der Waals surface area contributed by atoms with Crippen LogP contribution >= 0.6 is 0 Å². The van der Waals surface area contributed by atoms with Crippen LogP contribution in [0, 0.1) is 0 Å². The summed E-state index contributed by atoms with van der Waals surface area (Å²) < 4.78 is 5.33. The van der Waals surface area contributed by atoms with Crippen molar-refractivity contribution in [1.29, 1.82) is 0 Å². The van der Waals surface area contributed by atoms with E-state index < -0.39 is 0 Å². The number of aliphatic hydroxyl groups is 1. The van der Waals surface area contributed by atoms with E-state index in [9.17, 15) is 0 Å². The molecular weight excluding hydrogens is 176 g/mol. The van der Waals surface area contributed by atoms with E-state index in [1.807, 2.05) is 30.3 Å². The number of rotatable bonds is 6. The van der Waals surface area contributed by atoms with E-state index in [2.05, 4.69) is 6.58 Å². The average molecular weight is 192 g/mol. The third-order valence-corrected chi connectivity index (χ3v) is 1.91. The molecule has 2 nitrogen and oxygen atoms in total. The first-order valence-corrected chi connectivity index (χ1v) is 4.76. The summed E-state index contributed by atoms with van der Waals surface area (Å²) >= 11 is 0. The summed E-state index contributed by atoms with van der Waals surface area (Å²) in [7, 11) is 0. The highest BCUT2D eigenvalue weighted by atomic mass is 16.5. The molecule has 0 heterocycles. The predicted octanol–water partition coefficient (Wildman–Crippen LogP) is 2.10. The second kappa shape index (κ2) is 6.35. The predicted molar refractivity (Wildman–Crippen MR) is 58.0 cm³/mol. The minimum absolute atomic E-state index is 0.178. The summed E-state index contributed by atoms with van der Waals surface area (Å²) in [6.07, 6.45) is 0.683. The smallest absolute Gasteiger partial charge is 0.0716 e. The van der Waals surface area contributed by atoms with Crippen LogP contribution in [0.1, 0.15) is 12.0 Å². The Kier molecular flexibility index (Phi) is 4.97. The molecule has 0 aliphatic heterocycles. The van der Waals surface area contributed by atoms with Gasteiger partial charge < -0.3 is 9.84 Å². The van der Waals surface area contributed by atoms with Gasteiger partial charge in [-0.3, -0.25) is 0 Å². The summed E-state index contributed by atoms with van der Waals surface area (Å²) in [6.45, 7) is 5.23. The third-order valence-electron chi connectivity index (χ3n) is 1.91. The van der Waals surface area contributed by atoms with Gasteiger partial charge in [0.1, 0.15) is 0 Å². The fraction of sp³-hybridized carbons (Fsp3) is 0.333. The second-order valence-corrected chi connectivity index (χ2v) is 3.10. The lowest BCUT2D eigenvalue weighted by Crippen LogP contribution is -2.00. The molecule has 0 aliphatic carbocycles. The van der Waals surface area contributed by atoms with Gasteiger partial charge >= 0.3 is 0 Å². The van der Waals surface area contributed by atoms with E-state index in [0.29, 0.717) is 19.6 Å². The Balaban J connectivity index is 2.29. The van der Waals surface area contributed by atoms with Gasteiger partial charge in [0.15, 0.2) is 0 Å². The number of hydrogen-bond acceptors (Lipinski definition) is 2. The van der Waals surface area contributed by atoms with Gasteiger partial charge in [0.25, 0.3) is 0 Å². The highest BCUT2D eigenvalue weighted by Gasteiger charge is 1.97. The molecule has 0 saturated carbocycles. The molecule has 0 spiro atoms. The van der Waals surface area contributed by atoms with Crippen molar-refractivity contribution in [3.63, 3.8) is 0 Å². The van der Waals surface area contributed by atoms with E-state index in [1.165, 1.54) is 0 Å². The summed E-state index contributed by atoms with van der Waals surface area (Å²) in [5.74, 6) is 0. The quantitative estimate of drug-likeness (QED) is 0.699. The molecule has 2 heteroatoms. The van der Waals surface area contributed by atoms with Crippen LogP contribution in [0.4, 0.5) is 0 Å². The molecule has 0 bridgehead atoms. The van der Waals surface area contributed by atoms with Crippen molar-refractivity contribution >= 4 is 5.57 Å². The summed E-state index contributed by atoms with van der Waals surface area (Å²) in [6, 6.07) is 9.96. The van der Waals surface area contributed by atoms with Crippen LogP contribution in [0.5, 0.6) is 0 Å². The van der Waals surface area contributed by atoms with E-state index >= 15 is 0 Å². The van der Waals surface area contributed by atoms with Crippen LogP contribution in [-0.4, -0.2) is 24.9 Å². The van der Waals surface area contributed by atoms with Crippen molar-refractivity contribution in [3.8, 4) is 0 Å². The minimum Gasteiger partial charge on any atom is -0.396 e. The highest BCUT2D eigenvalue weighted by molar-refractivity contribution is 5.63. The molecule has 1 aromatic rings. The van der Waals surface area contributed by atoms with Gasteiger partial charge in [-0.1, -0.05) is 36.9 Å². The molecule has 14 heavy (non-hydrogen) atoms. The van der Waals surface area contributed by atoms with Crippen LogP contribution in [0.25, 0.3) is 5.57 Å². The maximum atomic E-state index is 8.55. The lowest BCUT2D eigenvalue weighted by Gasteiger charge is -2.06. The molecule has 76 valence electrons. The van der Waals surface area contributed by atoms with Crippen LogP contribution in [0.15, 0.2) is 36.9 Å². The number of aliphatic hydroxyl groups excluding tert-OH is 1. The number of ether oxygens (including phenoxy) is 1. The SMILES string of the molecule is C=C(COCCCO)c1ccccc1. The van der Waals surface area contributed by atoms with Crippen molar-refractivity contribution in [2.24, 2.45) is 0 Å². The topological polar surface area (TPSA) is 29.5 Å². The highest BCUT2D eigenvalue weighted by Crippen LogP contribution is 2.11. The Bertz CT molecular complexity index is 267. The maximum Gasteiger partial charge on any atom is 0.0716 e. The molecule has 1 N–H and O–H groups in total. The Morgan fingerprint density at radius 2 is 2.00 bits per heavy atom. The fourth-order valence-corrected chi connectivity index (χ4v) is 1.12. The largest absolute Gasteiger partial charge is 0.396 e. The van der Waals surface area contributed by atoms with Gasteiger partial charge in [0.2, 0.25) is 0 Å². The van der Waals surface area contributed by atoms with E-state index in [4.69, 9.17) is 9.84 Å². The van der Waals surface area contributed by atoms with Crippen LogP contribution < -0.4 is 0 Å². The molecule has 1 aromatic carbocycles. The van der Waals surface area contributed by atoms with Gasteiger partial charge in [-0.05, 0) is 17.6 Å². The molecule has 1 rings (SSSR count). The molecule has 0 aliphatic rings. The van der Waals surface area contributed by atoms with Crippen LogP contribution in [0.3, 0.4) is 0 Å². The van der Waals surface area contributed by atoms with Crippen LogP contribution in [-0.2, 0) is 4.74 Å². The van der Waals surface area contributed by atoms with E-state index in [-0.39, 0.29) is 6.61 Å². The number of hydrogen-bond donors (Lipinski definition) is 1. The molecule has 0 atom stereocenters. The van der Waals surface area contributed by atoms with Crippen molar-refractivity contribution < 1.29 is 9.84 Å². The zero-order valence-electron chi connectivity index (χ0n) is 8.28. The molecule has 0 saturated heterocycles. The zero-order chi connectivity index (χ0) is 10.2. The van der Waals surface area contributed by atoms with Crippen molar-refractivity contribution in [3.05, 3.63) is 42.5 Å². The molecule has 0 aromatic heterocycles. The summed E-state index contributed by atoms with van der Waals surface area (Å²) in [4.78, 5) is 0. The lowest BCUT2D eigenvalue weighted by atomic mass is 10.1. The molecule has 0 radical (unpaired) electrons. The Labute approximate surface area is 84.8 Å².